The Morgan fingerprint density at radius 1 is 1.44 bits per heavy atom. The summed E-state index contributed by atoms with van der Waals surface area (Å²) in [5.41, 5.74) is -0.145. The number of rotatable bonds is 2. The zero-order chi connectivity index (χ0) is 13.3. The molecule has 2 heterocycles. The van der Waals surface area contributed by atoms with Crippen LogP contribution in [0.2, 0.25) is 0 Å². The molecular formula is C13H18N2O3. The molecule has 0 spiro atoms. The molecular weight excluding hydrogens is 232 g/mol. The normalized spacial score (nSPS) is 23.4. The Morgan fingerprint density at radius 2 is 2.06 bits per heavy atom. The van der Waals surface area contributed by atoms with Crippen molar-refractivity contribution in [3.8, 4) is 5.75 Å². The summed E-state index contributed by atoms with van der Waals surface area (Å²) in [7, 11) is 0. The number of hydrogen-bond donors (Lipinski definition) is 1. The number of ether oxygens (including phenoxy) is 1. The van der Waals surface area contributed by atoms with Gasteiger partial charge in [-0.2, -0.15) is 0 Å². The van der Waals surface area contributed by atoms with E-state index < -0.39 is 6.09 Å². The highest BCUT2D eigenvalue weighted by atomic mass is 16.5. The number of amides is 1. The van der Waals surface area contributed by atoms with Crippen LogP contribution in [0, 0.1) is 5.41 Å². The highest BCUT2D eigenvalue weighted by Gasteiger charge is 2.50. The van der Waals surface area contributed by atoms with Gasteiger partial charge in [-0.3, -0.25) is 9.88 Å². The monoisotopic (exact) mass is 250 g/mol. The van der Waals surface area contributed by atoms with Gasteiger partial charge in [0.1, 0.15) is 11.9 Å². The molecule has 98 valence electrons. The molecule has 0 saturated carbocycles. The predicted octanol–water partition coefficient (Wildman–Crippen LogP) is 2.24. The average Bonchev–Trinajstić information content (AvgIpc) is 2.22. The third-order valence-electron chi connectivity index (χ3n) is 3.13. The smallest absolute Gasteiger partial charge is 0.407 e. The van der Waals surface area contributed by atoms with Gasteiger partial charge in [0.25, 0.3) is 0 Å². The zero-order valence-electron chi connectivity index (χ0n) is 10.8. The molecule has 2 rings (SSSR count). The van der Waals surface area contributed by atoms with Crippen LogP contribution < -0.4 is 4.74 Å². The van der Waals surface area contributed by atoms with Crippen molar-refractivity contribution in [1.29, 1.82) is 0 Å². The van der Waals surface area contributed by atoms with E-state index in [2.05, 4.69) is 4.98 Å². The van der Waals surface area contributed by atoms with Crippen molar-refractivity contribution in [2.45, 2.75) is 32.9 Å². The van der Waals surface area contributed by atoms with Crippen molar-refractivity contribution in [1.82, 2.24) is 9.88 Å². The van der Waals surface area contributed by atoms with E-state index in [1.54, 1.807) is 24.5 Å². The molecule has 0 aliphatic carbocycles. The first-order valence-corrected chi connectivity index (χ1v) is 5.96. The molecule has 2 atom stereocenters. The fraction of sp³-hybridized carbons (Fsp3) is 0.538. The van der Waals surface area contributed by atoms with E-state index in [4.69, 9.17) is 9.84 Å². The summed E-state index contributed by atoms with van der Waals surface area (Å²) in [6.45, 7) is 6.49. The van der Waals surface area contributed by atoms with E-state index >= 15 is 0 Å². The number of carboxylic acid groups (broad SMARTS) is 1. The summed E-state index contributed by atoms with van der Waals surface area (Å²) in [5, 5.41) is 9.11. The lowest BCUT2D eigenvalue weighted by molar-refractivity contribution is -0.0775. The minimum absolute atomic E-state index is 0.0940. The molecule has 1 aliphatic heterocycles. The quantitative estimate of drug-likeness (QED) is 0.874. The Kier molecular flexibility index (Phi) is 3.15. The zero-order valence-corrected chi connectivity index (χ0v) is 10.8. The summed E-state index contributed by atoms with van der Waals surface area (Å²) >= 11 is 0. The standard InChI is InChI=1S/C13H18N2O3/c1-13(2,3)11-10(8-15(11)12(16)17)18-9-4-6-14-7-5-9/h4-7,10-11H,8H2,1-3H3,(H,16,17). The lowest BCUT2D eigenvalue weighted by Crippen LogP contribution is -2.68. The maximum Gasteiger partial charge on any atom is 0.407 e. The topological polar surface area (TPSA) is 62.7 Å². The highest BCUT2D eigenvalue weighted by molar-refractivity contribution is 5.67. The van der Waals surface area contributed by atoms with Gasteiger partial charge in [0.2, 0.25) is 0 Å². The first-order chi connectivity index (χ1) is 8.39. The Hall–Kier alpha value is -1.78. The lowest BCUT2D eigenvalue weighted by Gasteiger charge is -2.51. The molecule has 5 nitrogen and oxygen atoms in total. The molecule has 2 unspecified atom stereocenters. The van der Waals surface area contributed by atoms with Crippen LogP contribution in [0.5, 0.6) is 5.75 Å². The van der Waals surface area contributed by atoms with Crippen molar-refractivity contribution in [2.75, 3.05) is 6.54 Å². The molecule has 0 aromatic carbocycles. The summed E-state index contributed by atoms with van der Waals surface area (Å²) < 4.78 is 5.82. The minimum atomic E-state index is -0.885. The molecule has 1 aromatic heterocycles. The molecule has 1 fully saturated rings. The van der Waals surface area contributed by atoms with Crippen LogP contribution in [0.1, 0.15) is 20.8 Å². The second-order valence-corrected chi connectivity index (χ2v) is 5.59. The number of likely N-dealkylation sites (tertiary alicyclic amines) is 1. The number of aromatic nitrogens is 1. The van der Waals surface area contributed by atoms with Crippen LogP contribution in [0.4, 0.5) is 4.79 Å². The van der Waals surface area contributed by atoms with Gasteiger partial charge in [-0.05, 0) is 17.5 Å². The summed E-state index contributed by atoms with van der Waals surface area (Å²) in [5.74, 6) is 0.731. The van der Waals surface area contributed by atoms with Crippen molar-refractivity contribution >= 4 is 6.09 Å². The lowest BCUT2D eigenvalue weighted by atomic mass is 9.77. The van der Waals surface area contributed by atoms with E-state index in [1.807, 2.05) is 20.8 Å². The van der Waals surface area contributed by atoms with Gasteiger partial charge in [-0.1, -0.05) is 20.8 Å². The van der Waals surface area contributed by atoms with E-state index in [0.717, 1.165) is 5.75 Å². The Labute approximate surface area is 106 Å². The van der Waals surface area contributed by atoms with Gasteiger partial charge >= 0.3 is 6.09 Å². The predicted molar refractivity (Wildman–Crippen MR) is 66.6 cm³/mol. The van der Waals surface area contributed by atoms with Crippen LogP contribution in [0.3, 0.4) is 0 Å². The maximum atomic E-state index is 11.1. The molecule has 1 saturated heterocycles. The molecule has 1 amide bonds. The van der Waals surface area contributed by atoms with Gasteiger partial charge in [0, 0.05) is 12.4 Å². The first-order valence-electron chi connectivity index (χ1n) is 5.96. The largest absolute Gasteiger partial charge is 0.486 e. The molecule has 1 aliphatic rings. The van der Waals surface area contributed by atoms with Crippen LogP contribution in [0.15, 0.2) is 24.5 Å². The SMILES string of the molecule is CC(C)(C)C1C(Oc2ccncc2)CN1C(=O)O. The average molecular weight is 250 g/mol. The molecule has 1 N–H and O–H groups in total. The molecule has 0 bridgehead atoms. The summed E-state index contributed by atoms with van der Waals surface area (Å²) in [6.07, 6.45) is 2.34. The third-order valence-corrected chi connectivity index (χ3v) is 3.13. The summed E-state index contributed by atoms with van der Waals surface area (Å²) in [4.78, 5) is 16.5. The van der Waals surface area contributed by atoms with Gasteiger partial charge in [-0.15, -0.1) is 0 Å². The Bertz CT molecular complexity index is 428. The van der Waals surface area contributed by atoms with Crippen molar-refractivity contribution < 1.29 is 14.6 Å². The fourth-order valence-electron chi connectivity index (χ4n) is 2.39. The highest BCUT2D eigenvalue weighted by Crippen LogP contribution is 2.36. The van der Waals surface area contributed by atoms with E-state index in [-0.39, 0.29) is 17.6 Å². The van der Waals surface area contributed by atoms with Gasteiger partial charge < -0.3 is 9.84 Å². The minimum Gasteiger partial charge on any atom is -0.486 e. The van der Waals surface area contributed by atoms with Crippen LogP contribution >= 0.6 is 0 Å². The molecule has 1 aromatic rings. The van der Waals surface area contributed by atoms with Crippen molar-refractivity contribution in [3.63, 3.8) is 0 Å². The van der Waals surface area contributed by atoms with Crippen LogP contribution in [0.25, 0.3) is 0 Å². The van der Waals surface area contributed by atoms with Crippen LogP contribution in [-0.4, -0.2) is 39.8 Å². The molecule has 0 radical (unpaired) electrons. The van der Waals surface area contributed by atoms with E-state index in [0.29, 0.717) is 6.54 Å². The molecule has 18 heavy (non-hydrogen) atoms. The maximum absolute atomic E-state index is 11.1. The number of nitrogens with zero attached hydrogens (tertiary/aromatic N) is 2. The number of pyridine rings is 1. The van der Waals surface area contributed by atoms with Gasteiger partial charge in [0.05, 0.1) is 12.6 Å². The van der Waals surface area contributed by atoms with Crippen molar-refractivity contribution in [3.05, 3.63) is 24.5 Å². The third kappa shape index (κ3) is 2.39. The second kappa shape index (κ2) is 4.48. The first kappa shape index (κ1) is 12.7. The Morgan fingerprint density at radius 3 is 2.56 bits per heavy atom. The number of hydrogen-bond acceptors (Lipinski definition) is 3. The van der Waals surface area contributed by atoms with Crippen LogP contribution in [-0.2, 0) is 0 Å². The van der Waals surface area contributed by atoms with Crippen molar-refractivity contribution in [2.24, 2.45) is 5.41 Å². The second-order valence-electron chi connectivity index (χ2n) is 5.59. The van der Waals surface area contributed by atoms with Gasteiger partial charge in [0.15, 0.2) is 0 Å². The van der Waals surface area contributed by atoms with E-state index in [1.165, 1.54) is 4.90 Å². The fourth-order valence-corrected chi connectivity index (χ4v) is 2.39. The summed E-state index contributed by atoms with van der Waals surface area (Å²) in [6, 6.07) is 3.44. The number of carbonyl (C=O) groups is 1. The van der Waals surface area contributed by atoms with E-state index in [9.17, 15) is 4.79 Å². The molecule has 5 heteroatoms. The Balaban J connectivity index is 2.09. The van der Waals surface area contributed by atoms with Gasteiger partial charge in [-0.25, -0.2) is 4.79 Å².